The Balaban J connectivity index is 1.97. The van der Waals surface area contributed by atoms with Crippen LogP contribution < -0.4 is 16.5 Å². The Kier molecular flexibility index (Phi) is 2.41. The minimum Gasteiger partial charge on any atom is -0.451 e. The number of amides is 1. The molecule has 0 spiro atoms. The highest BCUT2D eigenvalue weighted by Gasteiger charge is 2.35. The van der Waals surface area contributed by atoms with Gasteiger partial charge < -0.3 is 15.5 Å². The normalized spacial score (nSPS) is 21.8. The molecular weight excluding hydrogens is 232 g/mol. The molecule has 1 amide bonds. The average Bonchev–Trinajstić information content (AvgIpc) is 3.05. The molecule has 2 aromatic rings. The molecule has 2 unspecified atom stereocenters. The van der Waals surface area contributed by atoms with Crippen molar-refractivity contribution in [3.63, 3.8) is 0 Å². The van der Waals surface area contributed by atoms with Crippen LogP contribution in [-0.2, 0) is 0 Å². The maximum atomic E-state index is 11.8. The second-order valence-electron chi connectivity index (χ2n) is 4.45. The van der Waals surface area contributed by atoms with Crippen molar-refractivity contribution in [2.24, 2.45) is 5.73 Å². The van der Waals surface area contributed by atoms with Gasteiger partial charge in [0.2, 0.25) is 0 Å². The molecule has 1 saturated carbocycles. The van der Waals surface area contributed by atoms with E-state index in [1.165, 1.54) is 6.07 Å². The Morgan fingerprint density at radius 1 is 1.39 bits per heavy atom. The average molecular weight is 244 g/mol. The summed E-state index contributed by atoms with van der Waals surface area (Å²) in [7, 11) is 0. The summed E-state index contributed by atoms with van der Waals surface area (Å²) in [6.07, 6.45) is 0.767. The molecule has 1 heterocycles. The van der Waals surface area contributed by atoms with Gasteiger partial charge in [0.25, 0.3) is 5.91 Å². The van der Waals surface area contributed by atoms with Gasteiger partial charge in [-0.1, -0.05) is 12.1 Å². The van der Waals surface area contributed by atoms with Crippen LogP contribution in [0.1, 0.15) is 17.0 Å². The number of hydrogen-bond acceptors (Lipinski definition) is 4. The van der Waals surface area contributed by atoms with E-state index < -0.39 is 5.91 Å². The molecule has 18 heavy (non-hydrogen) atoms. The molecule has 1 aromatic carbocycles. The van der Waals surface area contributed by atoms with Crippen LogP contribution in [0.5, 0.6) is 0 Å². The number of nitrogens with one attached hydrogen (secondary N) is 1. The first-order chi connectivity index (χ1) is 8.65. The summed E-state index contributed by atoms with van der Waals surface area (Å²) in [6, 6.07) is 8.06. The molecule has 5 nitrogen and oxygen atoms in total. The fourth-order valence-electron chi connectivity index (χ4n) is 1.84. The zero-order chi connectivity index (χ0) is 12.7. The fourth-order valence-corrected chi connectivity index (χ4v) is 1.84. The molecule has 1 fully saturated rings. The predicted molar refractivity (Wildman–Crippen MR) is 66.3 cm³/mol. The summed E-state index contributed by atoms with van der Waals surface area (Å²) in [5.74, 6) is -0.367. The quantitative estimate of drug-likeness (QED) is 0.811. The molecule has 1 aromatic heterocycles. The second kappa shape index (κ2) is 3.96. The van der Waals surface area contributed by atoms with Gasteiger partial charge in [-0.25, -0.2) is 0 Å². The number of carbonyl (C=O) groups excluding carboxylic acids is 1. The zero-order valence-electron chi connectivity index (χ0n) is 9.55. The molecule has 0 bridgehead atoms. The highest BCUT2D eigenvalue weighted by atomic mass is 16.3. The minimum atomic E-state index is -0.393. The van der Waals surface area contributed by atoms with Crippen molar-refractivity contribution >= 4 is 16.9 Å². The molecule has 5 heteroatoms. The van der Waals surface area contributed by atoms with Gasteiger partial charge in [0.1, 0.15) is 5.58 Å². The lowest BCUT2D eigenvalue weighted by Gasteiger charge is -2.03. The van der Waals surface area contributed by atoms with Gasteiger partial charge in [-0.05, 0) is 18.6 Å². The highest BCUT2D eigenvalue weighted by Crippen LogP contribution is 2.19. The van der Waals surface area contributed by atoms with E-state index in [1.807, 2.05) is 0 Å². The maximum Gasteiger partial charge on any atom is 0.287 e. The maximum absolute atomic E-state index is 11.8. The van der Waals surface area contributed by atoms with Crippen molar-refractivity contribution in [1.82, 2.24) is 5.32 Å². The number of hydrogen-bond donors (Lipinski definition) is 2. The van der Waals surface area contributed by atoms with Crippen LogP contribution >= 0.6 is 0 Å². The Hall–Kier alpha value is -2.14. The van der Waals surface area contributed by atoms with Crippen LogP contribution in [0.15, 0.2) is 39.5 Å². The summed E-state index contributed by atoms with van der Waals surface area (Å²) in [5.41, 5.74) is 5.80. The molecule has 1 aliphatic rings. The van der Waals surface area contributed by atoms with E-state index in [9.17, 15) is 9.59 Å². The summed E-state index contributed by atoms with van der Waals surface area (Å²) in [4.78, 5) is 23.6. The standard InChI is InChI=1S/C13H12N2O3/c14-8-5-9(8)15-13(17)12-6-10(16)7-3-1-2-4-11(7)18-12/h1-4,6,8-9H,5,14H2,(H,15,17). The van der Waals surface area contributed by atoms with E-state index in [4.69, 9.17) is 10.2 Å². The van der Waals surface area contributed by atoms with Crippen molar-refractivity contribution in [2.45, 2.75) is 18.5 Å². The first-order valence-corrected chi connectivity index (χ1v) is 5.74. The number of rotatable bonds is 2. The van der Waals surface area contributed by atoms with Crippen LogP contribution in [0.3, 0.4) is 0 Å². The zero-order valence-corrected chi connectivity index (χ0v) is 9.55. The first kappa shape index (κ1) is 11.0. The number of carbonyl (C=O) groups is 1. The lowest BCUT2D eigenvalue weighted by atomic mass is 10.2. The van der Waals surface area contributed by atoms with Gasteiger partial charge in [0, 0.05) is 18.2 Å². The van der Waals surface area contributed by atoms with Gasteiger partial charge in [-0.2, -0.15) is 0 Å². The Labute approximate surface area is 103 Å². The Bertz CT molecular complexity index is 677. The lowest BCUT2D eigenvalue weighted by Crippen LogP contribution is -2.30. The van der Waals surface area contributed by atoms with Crippen LogP contribution in [0.25, 0.3) is 11.0 Å². The summed E-state index contributed by atoms with van der Waals surface area (Å²) in [5, 5.41) is 3.18. The molecule has 2 atom stereocenters. The molecular formula is C13H12N2O3. The van der Waals surface area contributed by atoms with E-state index in [0.717, 1.165) is 6.42 Å². The lowest BCUT2D eigenvalue weighted by molar-refractivity contribution is 0.0923. The Morgan fingerprint density at radius 3 is 2.83 bits per heavy atom. The molecule has 1 aliphatic carbocycles. The third kappa shape index (κ3) is 1.89. The van der Waals surface area contributed by atoms with E-state index in [2.05, 4.69) is 5.32 Å². The third-order valence-electron chi connectivity index (χ3n) is 3.01. The first-order valence-electron chi connectivity index (χ1n) is 5.74. The van der Waals surface area contributed by atoms with Crippen molar-refractivity contribution in [3.05, 3.63) is 46.3 Å². The Morgan fingerprint density at radius 2 is 2.11 bits per heavy atom. The number of nitrogens with two attached hydrogens (primary N) is 1. The van der Waals surface area contributed by atoms with Crippen LogP contribution in [-0.4, -0.2) is 18.0 Å². The monoisotopic (exact) mass is 244 g/mol. The largest absolute Gasteiger partial charge is 0.451 e. The molecule has 92 valence electrons. The number of fused-ring (bicyclic) bond motifs is 1. The van der Waals surface area contributed by atoms with Crippen LogP contribution in [0.4, 0.5) is 0 Å². The van der Waals surface area contributed by atoms with E-state index in [0.29, 0.717) is 11.0 Å². The van der Waals surface area contributed by atoms with E-state index in [1.54, 1.807) is 24.3 Å². The summed E-state index contributed by atoms with van der Waals surface area (Å²) in [6.45, 7) is 0. The summed E-state index contributed by atoms with van der Waals surface area (Å²) < 4.78 is 5.42. The fraction of sp³-hybridized carbons (Fsp3) is 0.231. The van der Waals surface area contributed by atoms with Crippen molar-refractivity contribution in [3.8, 4) is 0 Å². The molecule has 3 rings (SSSR count). The van der Waals surface area contributed by atoms with Gasteiger partial charge in [0.15, 0.2) is 11.2 Å². The topological polar surface area (TPSA) is 85.3 Å². The minimum absolute atomic E-state index is 0.00530. The molecule has 3 N–H and O–H groups in total. The van der Waals surface area contributed by atoms with Crippen molar-refractivity contribution in [1.29, 1.82) is 0 Å². The van der Waals surface area contributed by atoms with Gasteiger partial charge in [-0.15, -0.1) is 0 Å². The number of para-hydroxylation sites is 1. The van der Waals surface area contributed by atoms with E-state index >= 15 is 0 Å². The molecule has 0 saturated heterocycles. The summed E-state index contributed by atoms with van der Waals surface area (Å²) >= 11 is 0. The third-order valence-corrected chi connectivity index (χ3v) is 3.01. The van der Waals surface area contributed by atoms with Crippen molar-refractivity contribution in [2.75, 3.05) is 0 Å². The smallest absolute Gasteiger partial charge is 0.287 e. The van der Waals surface area contributed by atoms with Crippen LogP contribution in [0, 0.1) is 0 Å². The highest BCUT2D eigenvalue weighted by molar-refractivity contribution is 5.93. The van der Waals surface area contributed by atoms with E-state index in [-0.39, 0.29) is 23.3 Å². The molecule has 0 aliphatic heterocycles. The SMILES string of the molecule is NC1CC1NC(=O)c1cc(=O)c2ccccc2o1. The van der Waals surface area contributed by atoms with Crippen LogP contribution in [0.2, 0.25) is 0 Å². The molecule has 0 radical (unpaired) electrons. The van der Waals surface area contributed by atoms with Gasteiger partial charge in [-0.3, -0.25) is 9.59 Å². The van der Waals surface area contributed by atoms with Gasteiger partial charge in [0.05, 0.1) is 5.39 Å². The number of benzene rings is 1. The van der Waals surface area contributed by atoms with Crippen molar-refractivity contribution < 1.29 is 9.21 Å². The second-order valence-corrected chi connectivity index (χ2v) is 4.45. The van der Waals surface area contributed by atoms with Gasteiger partial charge >= 0.3 is 0 Å². The predicted octanol–water partition coefficient (Wildman–Crippen LogP) is 0.622.